The van der Waals surface area contributed by atoms with Crippen LogP contribution in [-0.2, 0) is 12.9 Å². The van der Waals surface area contributed by atoms with Crippen LogP contribution in [0, 0.1) is 12.7 Å². The fourth-order valence-corrected chi connectivity index (χ4v) is 2.97. The van der Waals surface area contributed by atoms with Crippen LogP contribution in [0.15, 0.2) is 27.5 Å². The number of hydrogen-bond acceptors (Lipinski definition) is 6. The van der Waals surface area contributed by atoms with Gasteiger partial charge < -0.3 is 14.5 Å². The van der Waals surface area contributed by atoms with Gasteiger partial charge in [-0.25, -0.2) is 9.37 Å². The Bertz CT molecular complexity index is 1950. The van der Waals surface area contributed by atoms with Gasteiger partial charge in [0.2, 0.25) is 0 Å². The average molecular weight is 446 g/mol. The van der Waals surface area contributed by atoms with Crippen molar-refractivity contribution in [3.8, 4) is 0 Å². The fourth-order valence-electron chi connectivity index (χ4n) is 2.97. The number of nitrogens with zero attached hydrogens (tertiary/aromatic N) is 4. The fraction of sp³-hybridized carbons (Fsp3) is 0.522. The summed E-state index contributed by atoms with van der Waals surface area (Å²) in [4.78, 5) is 16.8. The minimum absolute atomic E-state index is 0.249. The molecule has 0 radical (unpaired) electrons. The van der Waals surface area contributed by atoms with Crippen molar-refractivity contribution in [1.82, 2.24) is 19.6 Å². The Balaban J connectivity index is 1.78. The Morgan fingerprint density at radius 1 is 1.35 bits per heavy atom. The topological polar surface area (TPSA) is 84.4 Å². The molecule has 1 aromatic carbocycles. The highest BCUT2D eigenvalue weighted by molar-refractivity contribution is 5.79. The summed E-state index contributed by atoms with van der Waals surface area (Å²) in [6.07, 6.45) is -22.2. The van der Waals surface area contributed by atoms with Crippen molar-refractivity contribution in [3.63, 3.8) is 0 Å². The second-order valence-electron chi connectivity index (χ2n) is 6.45. The van der Waals surface area contributed by atoms with Crippen molar-refractivity contribution < 1.29 is 40.1 Å². The first-order valence-electron chi connectivity index (χ1n) is 18.4. The smallest absolute Gasteiger partial charge is 0.257 e. The molecule has 0 amide bonds. The van der Waals surface area contributed by atoms with E-state index >= 15 is 0 Å². The van der Waals surface area contributed by atoms with Crippen molar-refractivity contribution in [2.45, 2.75) is 57.3 Å². The number of halogens is 1. The molecule has 1 unspecified atom stereocenters. The Hall–Kier alpha value is -2.58. The zero-order valence-corrected chi connectivity index (χ0v) is 15.7. The Kier molecular flexibility index (Phi) is 2.13. The van der Waals surface area contributed by atoms with Crippen LogP contribution in [0.2, 0.25) is 0 Å². The monoisotopic (exact) mass is 445 g/mol. The van der Waals surface area contributed by atoms with E-state index in [2.05, 4.69) is 10.1 Å². The molecule has 4 heterocycles. The maximum Gasteiger partial charge on any atom is 0.257 e. The van der Waals surface area contributed by atoms with E-state index in [1.165, 1.54) is 0 Å². The molecule has 0 spiro atoms. The summed E-state index contributed by atoms with van der Waals surface area (Å²) in [5.41, 5.74) is -5.89. The molecule has 0 saturated carbocycles. The van der Waals surface area contributed by atoms with Crippen molar-refractivity contribution in [2.24, 2.45) is 0 Å². The Morgan fingerprint density at radius 2 is 2.16 bits per heavy atom. The first-order chi connectivity index (χ1) is 22.2. The highest BCUT2D eigenvalue weighted by atomic mass is 19.1. The van der Waals surface area contributed by atoms with Crippen LogP contribution in [0.1, 0.15) is 86.3 Å². The highest BCUT2D eigenvalue weighted by Crippen LogP contribution is 2.32. The van der Waals surface area contributed by atoms with Gasteiger partial charge in [-0.05, 0) is 63.9 Å². The van der Waals surface area contributed by atoms with Gasteiger partial charge in [-0.3, -0.25) is 9.36 Å². The van der Waals surface area contributed by atoms with Crippen LogP contribution in [-0.4, -0.2) is 44.2 Å². The Morgan fingerprint density at radius 3 is 2.97 bits per heavy atom. The first-order valence-corrected chi connectivity index (χ1v) is 8.87. The summed E-state index contributed by atoms with van der Waals surface area (Å²) >= 11 is 0. The van der Waals surface area contributed by atoms with E-state index < -0.39 is 120 Å². The van der Waals surface area contributed by atoms with Crippen molar-refractivity contribution in [2.75, 3.05) is 19.5 Å². The number of likely N-dealkylation sites (tertiary alicyclic amines) is 1. The number of aliphatic hydroxyl groups excluding tert-OH is 1. The molecule has 1 saturated heterocycles. The van der Waals surface area contributed by atoms with E-state index in [4.69, 9.17) is 30.6 Å². The number of aliphatic hydroxyl groups is 1. The molecule has 2 aromatic heterocycles. The van der Waals surface area contributed by atoms with Gasteiger partial charge in [0, 0.05) is 67.6 Å². The van der Waals surface area contributed by atoms with E-state index in [1.54, 1.807) is 0 Å². The quantitative estimate of drug-likeness (QED) is 0.664. The summed E-state index contributed by atoms with van der Waals surface area (Å²) in [7, 11) is 0. The van der Waals surface area contributed by atoms with E-state index in [0.717, 1.165) is 25.1 Å². The summed E-state index contributed by atoms with van der Waals surface area (Å²) in [6, 6.07) is 2.40. The third kappa shape index (κ3) is 3.78. The summed E-state index contributed by atoms with van der Waals surface area (Å²) < 4.78 is 182. The van der Waals surface area contributed by atoms with Gasteiger partial charge in [-0.2, -0.15) is 0 Å². The van der Waals surface area contributed by atoms with Gasteiger partial charge in [-0.1, -0.05) is 5.16 Å². The van der Waals surface area contributed by atoms with Gasteiger partial charge in [0.25, 0.3) is 5.56 Å². The predicted octanol–water partition coefficient (Wildman–Crippen LogP) is 3.08. The average Bonchev–Trinajstić information content (AvgIpc) is 3.36. The van der Waals surface area contributed by atoms with Crippen LogP contribution < -0.4 is 5.56 Å². The van der Waals surface area contributed by atoms with E-state index in [9.17, 15) is 14.3 Å². The minimum Gasteiger partial charge on any atom is -0.385 e. The molecule has 31 heavy (non-hydrogen) atoms. The lowest BCUT2D eigenvalue weighted by molar-refractivity contribution is 0.129. The normalized spacial score (nSPS) is 42.7. The summed E-state index contributed by atoms with van der Waals surface area (Å²) in [5.74, 6) is -5.83. The Labute approximate surface area is 206 Å². The van der Waals surface area contributed by atoms with E-state index in [0.29, 0.717) is 0 Å². The second kappa shape index (κ2) is 8.16. The second-order valence-corrected chi connectivity index (χ2v) is 6.45. The maximum absolute atomic E-state index is 13.9. The third-order valence-electron chi connectivity index (χ3n) is 4.46. The molecule has 1 fully saturated rings. The zero-order chi connectivity index (χ0) is 38.6. The molecule has 1 N–H and O–H groups in total. The SMILES string of the molecule is [2H]C([2H])(c1c(C)nc2n(c1=O)C([2H])([2H])C([2H])([2H])C([2H])([2H])C2O)C([2H])([2H])N1C([2H])([2H])C([2H])([2H])C([2H])(c2noc3cc(F)ccc23)C([2H])([2H])C1([2H])[2H]. The lowest BCUT2D eigenvalue weighted by Gasteiger charge is -2.31. The first kappa shape index (κ1) is 8.08. The number of piperidine rings is 1. The number of aryl methyl sites for hydroxylation is 1. The molecular formula is C23H27FN4O3. The standard InChI is InChI=1S/C23H27FN4O3/c1-14-17(23(30)28-9-2-3-19(29)22(28)25-14)8-12-27-10-6-15(7-11-27)21-18-5-4-16(24)13-20(18)31-26-21/h4-5,13,15,19,29H,2-3,6-12H2,1H3/i2D2,3D2,6D2,7D2,8D2,9D2,10D2,11D2,12D2,15D. The molecule has 8 heteroatoms. The van der Waals surface area contributed by atoms with Crippen molar-refractivity contribution in [3.05, 3.63) is 57.1 Å². The maximum atomic E-state index is 13.9. The number of hydrogen-bond donors (Lipinski definition) is 1. The number of aromatic nitrogens is 3. The van der Waals surface area contributed by atoms with Gasteiger partial charge in [0.15, 0.2) is 5.58 Å². The molecule has 5 rings (SSSR count). The molecule has 2 aliphatic rings. The predicted molar refractivity (Wildman–Crippen MR) is 114 cm³/mol. The van der Waals surface area contributed by atoms with Gasteiger partial charge >= 0.3 is 0 Å². The molecule has 1 atom stereocenters. The van der Waals surface area contributed by atoms with Crippen molar-refractivity contribution >= 4 is 11.0 Å². The molecule has 0 aliphatic carbocycles. The molecular weight excluding hydrogens is 399 g/mol. The number of rotatable bonds is 4. The summed E-state index contributed by atoms with van der Waals surface area (Å²) in [6.45, 7) is -15.8. The van der Waals surface area contributed by atoms with Crippen LogP contribution in [0.5, 0.6) is 0 Å². The number of fused-ring (bicyclic) bond motifs is 2. The molecule has 164 valence electrons. The highest BCUT2D eigenvalue weighted by Gasteiger charge is 2.26. The van der Waals surface area contributed by atoms with Gasteiger partial charge in [0.1, 0.15) is 17.7 Å². The third-order valence-corrected chi connectivity index (χ3v) is 4.46. The van der Waals surface area contributed by atoms with Gasteiger partial charge in [0.05, 0.1) is 5.69 Å². The molecule has 2 aliphatic heterocycles. The van der Waals surface area contributed by atoms with Crippen LogP contribution >= 0.6 is 0 Å². The van der Waals surface area contributed by atoms with Crippen LogP contribution in [0.3, 0.4) is 0 Å². The lowest BCUT2D eigenvalue weighted by Crippen LogP contribution is -2.37. The van der Waals surface area contributed by atoms with Gasteiger partial charge in [-0.15, -0.1) is 0 Å². The van der Waals surface area contributed by atoms with Crippen molar-refractivity contribution in [1.29, 1.82) is 0 Å². The zero-order valence-electron chi connectivity index (χ0n) is 34.7. The van der Waals surface area contributed by atoms with Crippen LogP contribution in [0.25, 0.3) is 11.0 Å². The lowest BCUT2D eigenvalue weighted by atomic mass is 9.91. The number of benzene rings is 1. The molecule has 0 bridgehead atoms. The van der Waals surface area contributed by atoms with E-state index in [-0.39, 0.29) is 4.57 Å². The van der Waals surface area contributed by atoms with E-state index in [1.807, 2.05) is 0 Å². The largest absolute Gasteiger partial charge is 0.385 e. The minimum atomic E-state index is -4.38. The molecule has 7 nitrogen and oxygen atoms in total. The molecule has 3 aromatic rings. The van der Waals surface area contributed by atoms with Crippen LogP contribution in [0.4, 0.5) is 4.39 Å². The summed E-state index contributed by atoms with van der Waals surface area (Å²) in [5, 5.41) is 13.6.